The highest BCUT2D eigenvalue weighted by Gasteiger charge is 2.26. The van der Waals surface area contributed by atoms with Crippen molar-refractivity contribution in [2.45, 2.75) is 25.8 Å². The number of carbonyl (C=O) groups excluding carboxylic acids is 2. The molecule has 0 unspecified atom stereocenters. The van der Waals surface area contributed by atoms with Gasteiger partial charge in [-0.1, -0.05) is 12.1 Å². The van der Waals surface area contributed by atoms with E-state index in [1.165, 1.54) is 0 Å². The lowest BCUT2D eigenvalue weighted by molar-refractivity contribution is 0.0924. The van der Waals surface area contributed by atoms with Gasteiger partial charge in [0.05, 0.1) is 18.8 Å². The van der Waals surface area contributed by atoms with E-state index in [4.69, 9.17) is 4.74 Å². The molecule has 2 N–H and O–H groups in total. The van der Waals surface area contributed by atoms with Crippen molar-refractivity contribution in [1.29, 1.82) is 0 Å². The standard InChI is InChI=1S/C22H24N4O3/c1-14-3-8-20-24-12-19(26(20)13-14)22(28)25-18-7-5-15-11-16(4-6-17(15)18)21(27)23-9-10-29-2/h3-4,6,8,11-13,18H,5,7,9-10H2,1-2H3,(H,23,27)(H,25,28)/t18-/m1/s1. The number of amides is 2. The summed E-state index contributed by atoms with van der Waals surface area (Å²) in [5.74, 6) is -0.263. The summed E-state index contributed by atoms with van der Waals surface area (Å²) in [7, 11) is 1.60. The van der Waals surface area contributed by atoms with Crippen LogP contribution in [0.25, 0.3) is 5.65 Å². The Bertz CT molecular complexity index is 1070. The zero-order valence-electron chi connectivity index (χ0n) is 16.6. The lowest BCUT2D eigenvalue weighted by Gasteiger charge is -2.14. The van der Waals surface area contributed by atoms with Gasteiger partial charge in [-0.2, -0.15) is 0 Å². The predicted molar refractivity (Wildman–Crippen MR) is 109 cm³/mol. The average molecular weight is 392 g/mol. The van der Waals surface area contributed by atoms with Crippen LogP contribution in [0.5, 0.6) is 0 Å². The Morgan fingerprint density at radius 2 is 2.10 bits per heavy atom. The second-order valence-corrected chi connectivity index (χ2v) is 7.31. The minimum absolute atomic E-state index is 0.0709. The molecule has 1 aliphatic carbocycles. The van der Waals surface area contributed by atoms with Gasteiger partial charge < -0.3 is 15.4 Å². The van der Waals surface area contributed by atoms with Crippen LogP contribution < -0.4 is 10.6 Å². The number of imidazole rings is 1. The van der Waals surface area contributed by atoms with Gasteiger partial charge in [-0.15, -0.1) is 0 Å². The van der Waals surface area contributed by atoms with Crippen LogP contribution in [0.3, 0.4) is 0 Å². The molecule has 2 amide bonds. The molecule has 1 aromatic carbocycles. The number of hydrogen-bond acceptors (Lipinski definition) is 4. The number of rotatable bonds is 6. The molecule has 2 aromatic heterocycles. The monoisotopic (exact) mass is 392 g/mol. The fourth-order valence-corrected chi connectivity index (χ4v) is 3.76. The number of pyridine rings is 1. The number of fused-ring (bicyclic) bond motifs is 2. The summed E-state index contributed by atoms with van der Waals surface area (Å²) in [5, 5.41) is 5.95. The minimum atomic E-state index is -0.151. The molecule has 3 aromatic rings. The average Bonchev–Trinajstić information content (AvgIpc) is 3.31. The highest BCUT2D eigenvalue weighted by atomic mass is 16.5. The molecule has 0 aliphatic heterocycles. The van der Waals surface area contributed by atoms with E-state index in [9.17, 15) is 9.59 Å². The molecule has 2 heterocycles. The Kier molecular flexibility index (Phi) is 5.31. The van der Waals surface area contributed by atoms with Crippen molar-refractivity contribution in [3.63, 3.8) is 0 Å². The van der Waals surface area contributed by atoms with Crippen LogP contribution in [0, 0.1) is 6.92 Å². The molecule has 0 bridgehead atoms. The molecule has 0 fully saturated rings. The zero-order valence-corrected chi connectivity index (χ0v) is 16.6. The topological polar surface area (TPSA) is 84.7 Å². The van der Waals surface area contributed by atoms with Crippen molar-refractivity contribution in [3.05, 3.63) is 70.7 Å². The van der Waals surface area contributed by atoms with Gasteiger partial charge in [0.25, 0.3) is 11.8 Å². The maximum absolute atomic E-state index is 12.9. The third-order valence-corrected chi connectivity index (χ3v) is 5.27. The Hall–Kier alpha value is -3.19. The van der Waals surface area contributed by atoms with E-state index < -0.39 is 0 Å². The van der Waals surface area contributed by atoms with Crippen molar-refractivity contribution in [1.82, 2.24) is 20.0 Å². The molecular weight excluding hydrogens is 368 g/mol. The van der Waals surface area contributed by atoms with Crippen molar-refractivity contribution in [3.8, 4) is 0 Å². The first-order valence-corrected chi connectivity index (χ1v) is 9.71. The van der Waals surface area contributed by atoms with Gasteiger partial charge >= 0.3 is 0 Å². The fraction of sp³-hybridized carbons (Fsp3) is 0.318. The highest BCUT2D eigenvalue weighted by Crippen LogP contribution is 2.32. The largest absolute Gasteiger partial charge is 0.383 e. The van der Waals surface area contributed by atoms with Crippen molar-refractivity contribution < 1.29 is 14.3 Å². The SMILES string of the molecule is COCCNC(=O)c1ccc2c(c1)CC[C@H]2NC(=O)c1cnc2ccc(C)cn12. The Balaban J connectivity index is 1.48. The highest BCUT2D eigenvalue weighted by molar-refractivity contribution is 5.95. The molecule has 150 valence electrons. The summed E-state index contributed by atoms with van der Waals surface area (Å²) >= 11 is 0. The Morgan fingerprint density at radius 3 is 2.93 bits per heavy atom. The molecule has 1 atom stereocenters. The van der Waals surface area contributed by atoms with E-state index in [1.807, 2.05) is 47.9 Å². The van der Waals surface area contributed by atoms with Crippen molar-refractivity contribution >= 4 is 17.5 Å². The third-order valence-electron chi connectivity index (χ3n) is 5.27. The first kappa shape index (κ1) is 19.1. The van der Waals surface area contributed by atoms with E-state index in [1.54, 1.807) is 13.3 Å². The van der Waals surface area contributed by atoms with Gasteiger partial charge in [-0.3, -0.25) is 14.0 Å². The molecular formula is C22H24N4O3. The summed E-state index contributed by atoms with van der Waals surface area (Å²) in [6.07, 6.45) is 5.15. The van der Waals surface area contributed by atoms with E-state index in [0.29, 0.717) is 24.4 Å². The van der Waals surface area contributed by atoms with Gasteiger partial charge in [-0.05, 0) is 54.7 Å². The summed E-state index contributed by atoms with van der Waals surface area (Å²) < 4.78 is 6.77. The van der Waals surface area contributed by atoms with Crippen LogP contribution in [0.15, 0.2) is 42.7 Å². The van der Waals surface area contributed by atoms with Gasteiger partial charge in [0.1, 0.15) is 11.3 Å². The maximum atomic E-state index is 12.9. The minimum Gasteiger partial charge on any atom is -0.383 e. The van der Waals surface area contributed by atoms with E-state index in [-0.39, 0.29) is 17.9 Å². The number of aromatic nitrogens is 2. The van der Waals surface area contributed by atoms with E-state index in [0.717, 1.165) is 35.2 Å². The molecule has 7 heteroatoms. The van der Waals surface area contributed by atoms with Crippen LogP contribution in [-0.2, 0) is 11.2 Å². The van der Waals surface area contributed by atoms with Gasteiger partial charge in [0, 0.05) is 25.4 Å². The van der Waals surface area contributed by atoms with Gasteiger partial charge in [0.2, 0.25) is 0 Å². The Labute approximate surface area is 169 Å². The van der Waals surface area contributed by atoms with Crippen LogP contribution in [0.1, 0.15) is 50.0 Å². The van der Waals surface area contributed by atoms with Gasteiger partial charge in [-0.25, -0.2) is 4.98 Å². The number of nitrogens with zero attached hydrogens (tertiary/aromatic N) is 2. The number of carbonyl (C=O) groups is 2. The predicted octanol–water partition coefficient (Wildman–Crippen LogP) is 2.44. The summed E-state index contributed by atoms with van der Waals surface area (Å²) in [6.45, 7) is 2.94. The first-order valence-electron chi connectivity index (χ1n) is 9.71. The second kappa shape index (κ2) is 8.05. The number of methoxy groups -OCH3 is 1. The number of nitrogens with one attached hydrogen (secondary N) is 2. The maximum Gasteiger partial charge on any atom is 0.270 e. The van der Waals surface area contributed by atoms with E-state index >= 15 is 0 Å². The number of ether oxygens (including phenoxy) is 1. The van der Waals surface area contributed by atoms with Crippen LogP contribution in [-0.4, -0.2) is 41.5 Å². The molecule has 7 nitrogen and oxygen atoms in total. The normalized spacial score (nSPS) is 15.3. The third kappa shape index (κ3) is 3.86. The molecule has 29 heavy (non-hydrogen) atoms. The molecule has 0 saturated carbocycles. The van der Waals surface area contributed by atoms with Gasteiger partial charge in [0.15, 0.2) is 0 Å². The van der Waals surface area contributed by atoms with Crippen molar-refractivity contribution in [2.75, 3.05) is 20.3 Å². The van der Waals surface area contributed by atoms with E-state index in [2.05, 4.69) is 15.6 Å². The quantitative estimate of drug-likeness (QED) is 0.631. The lowest BCUT2D eigenvalue weighted by atomic mass is 10.0. The molecule has 1 aliphatic rings. The molecule has 4 rings (SSSR count). The van der Waals surface area contributed by atoms with Crippen LogP contribution in [0.4, 0.5) is 0 Å². The summed E-state index contributed by atoms with van der Waals surface area (Å²) in [4.78, 5) is 29.4. The van der Waals surface area contributed by atoms with Crippen molar-refractivity contribution in [2.24, 2.45) is 0 Å². The number of hydrogen-bond donors (Lipinski definition) is 2. The van der Waals surface area contributed by atoms with Crippen LogP contribution in [0.2, 0.25) is 0 Å². The fourth-order valence-electron chi connectivity index (χ4n) is 3.76. The second-order valence-electron chi connectivity index (χ2n) is 7.31. The first-order chi connectivity index (χ1) is 14.1. The number of benzene rings is 1. The number of aryl methyl sites for hydroxylation is 2. The zero-order chi connectivity index (χ0) is 20.4. The summed E-state index contributed by atoms with van der Waals surface area (Å²) in [5.41, 5.74) is 5.12. The lowest BCUT2D eigenvalue weighted by Crippen LogP contribution is -2.28. The summed E-state index contributed by atoms with van der Waals surface area (Å²) in [6, 6.07) is 9.47. The van der Waals surface area contributed by atoms with Crippen LogP contribution >= 0.6 is 0 Å². The molecule has 0 saturated heterocycles. The Morgan fingerprint density at radius 1 is 1.24 bits per heavy atom. The smallest absolute Gasteiger partial charge is 0.270 e. The molecule has 0 radical (unpaired) electrons. The molecule has 0 spiro atoms.